The number of nitrogens with two attached hydrogens (primary N) is 1. The molecule has 1 aromatic heterocycles. The molecule has 0 unspecified atom stereocenters. The van der Waals surface area contributed by atoms with Gasteiger partial charge in [0, 0.05) is 9.92 Å². The number of oxazole rings is 1. The SMILES string of the molecule is NCCc1c(Cl)cccc1Sc1ncco1. The van der Waals surface area contributed by atoms with Gasteiger partial charge in [-0.1, -0.05) is 17.7 Å². The summed E-state index contributed by atoms with van der Waals surface area (Å²) in [7, 11) is 0. The average molecular weight is 255 g/mol. The number of halogens is 1. The maximum atomic E-state index is 6.13. The Morgan fingerprint density at radius 2 is 2.31 bits per heavy atom. The minimum absolute atomic E-state index is 0.572. The Labute approximate surface area is 103 Å². The van der Waals surface area contributed by atoms with Crippen LogP contribution < -0.4 is 5.73 Å². The van der Waals surface area contributed by atoms with Crippen molar-refractivity contribution in [2.24, 2.45) is 5.73 Å². The summed E-state index contributed by atoms with van der Waals surface area (Å²) < 4.78 is 5.19. The molecular formula is C11H11ClN2OS. The highest BCUT2D eigenvalue weighted by Crippen LogP contribution is 2.32. The summed E-state index contributed by atoms with van der Waals surface area (Å²) in [5, 5.41) is 1.35. The molecule has 1 heterocycles. The van der Waals surface area contributed by atoms with Crippen molar-refractivity contribution >= 4 is 23.4 Å². The molecule has 0 aliphatic carbocycles. The maximum absolute atomic E-state index is 6.13. The van der Waals surface area contributed by atoms with Gasteiger partial charge in [-0.05, 0) is 42.4 Å². The molecule has 0 atom stereocenters. The largest absolute Gasteiger partial charge is 0.440 e. The van der Waals surface area contributed by atoms with Crippen molar-refractivity contribution in [1.82, 2.24) is 4.98 Å². The highest BCUT2D eigenvalue weighted by molar-refractivity contribution is 7.99. The Morgan fingerprint density at radius 3 is 3.00 bits per heavy atom. The second-order valence-corrected chi connectivity index (χ2v) is 4.56. The second-order valence-electron chi connectivity index (χ2n) is 3.16. The molecule has 2 N–H and O–H groups in total. The summed E-state index contributed by atoms with van der Waals surface area (Å²) in [6.07, 6.45) is 3.92. The number of rotatable bonds is 4. The van der Waals surface area contributed by atoms with Crippen LogP contribution in [0.4, 0.5) is 0 Å². The molecule has 0 spiro atoms. The molecule has 16 heavy (non-hydrogen) atoms. The van der Waals surface area contributed by atoms with Crippen LogP contribution in [0.3, 0.4) is 0 Å². The topological polar surface area (TPSA) is 52.0 Å². The van der Waals surface area contributed by atoms with E-state index in [1.165, 1.54) is 11.8 Å². The first-order chi connectivity index (χ1) is 7.81. The van der Waals surface area contributed by atoms with E-state index in [2.05, 4.69) is 4.98 Å². The van der Waals surface area contributed by atoms with E-state index >= 15 is 0 Å². The van der Waals surface area contributed by atoms with Gasteiger partial charge in [0.15, 0.2) is 0 Å². The summed E-state index contributed by atoms with van der Waals surface area (Å²) in [5.41, 5.74) is 6.62. The van der Waals surface area contributed by atoms with Crippen LogP contribution in [0.5, 0.6) is 0 Å². The van der Waals surface area contributed by atoms with Crippen LogP contribution in [0.15, 0.2) is 45.2 Å². The number of hydrogen-bond donors (Lipinski definition) is 1. The zero-order chi connectivity index (χ0) is 11.4. The van der Waals surface area contributed by atoms with Gasteiger partial charge in [0.1, 0.15) is 6.26 Å². The van der Waals surface area contributed by atoms with Gasteiger partial charge in [0.25, 0.3) is 5.22 Å². The molecule has 5 heteroatoms. The molecule has 2 rings (SSSR count). The van der Waals surface area contributed by atoms with E-state index in [0.29, 0.717) is 11.8 Å². The van der Waals surface area contributed by atoms with E-state index in [9.17, 15) is 0 Å². The number of benzene rings is 1. The minimum atomic E-state index is 0.572. The number of nitrogens with zero attached hydrogens (tertiary/aromatic N) is 1. The molecule has 0 bridgehead atoms. The van der Waals surface area contributed by atoms with Crippen LogP contribution in [0, 0.1) is 0 Å². The Balaban J connectivity index is 2.29. The van der Waals surface area contributed by atoms with Gasteiger partial charge in [0.2, 0.25) is 0 Å². The minimum Gasteiger partial charge on any atom is -0.440 e. The van der Waals surface area contributed by atoms with E-state index in [1.54, 1.807) is 12.5 Å². The van der Waals surface area contributed by atoms with Crippen LogP contribution >= 0.6 is 23.4 Å². The summed E-state index contributed by atoms with van der Waals surface area (Å²) in [4.78, 5) is 5.11. The summed E-state index contributed by atoms with van der Waals surface area (Å²) in [6.45, 7) is 0.572. The summed E-state index contributed by atoms with van der Waals surface area (Å²) >= 11 is 7.59. The first kappa shape index (κ1) is 11.5. The molecule has 2 aromatic rings. The molecule has 84 valence electrons. The molecular weight excluding hydrogens is 244 g/mol. The van der Waals surface area contributed by atoms with E-state index < -0.39 is 0 Å². The second kappa shape index (κ2) is 5.39. The number of aromatic nitrogens is 1. The molecule has 3 nitrogen and oxygen atoms in total. The fourth-order valence-electron chi connectivity index (χ4n) is 1.38. The van der Waals surface area contributed by atoms with Gasteiger partial charge in [-0.3, -0.25) is 0 Å². The molecule has 0 aliphatic rings. The third-order valence-electron chi connectivity index (χ3n) is 2.08. The van der Waals surface area contributed by atoms with Crippen LogP contribution in [0.2, 0.25) is 5.02 Å². The highest BCUT2D eigenvalue weighted by atomic mass is 35.5. The molecule has 0 saturated carbocycles. The number of hydrogen-bond acceptors (Lipinski definition) is 4. The van der Waals surface area contributed by atoms with Crippen LogP contribution in [-0.4, -0.2) is 11.5 Å². The van der Waals surface area contributed by atoms with Crippen LogP contribution in [0.25, 0.3) is 0 Å². The standard InChI is InChI=1S/C11H11ClN2OS/c12-9-2-1-3-10(8(9)4-5-13)16-11-14-6-7-15-11/h1-3,6-7H,4-5,13H2. The maximum Gasteiger partial charge on any atom is 0.260 e. The van der Waals surface area contributed by atoms with Gasteiger partial charge in [-0.2, -0.15) is 0 Å². The molecule has 0 saturated heterocycles. The Hall–Kier alpha value is -0.970. The van der Waals surface area contributed by atoms with E-state index in [1.807, 2.05) is 18.2 Å². The molecule has 0 radical (unpaired) electrons. The fourth-order valence-corrected chi connectivity index (χ4v) is 2.59. The summed E-state index contributed by atoms with van der Waals surface area (Å²) in [6, 6.07) is 5.77. The van der Waals surface area contributed by atoms with Crippen molar-refractivity contribution in [1.29, 1.82) is 0 Å². The third-order valence-corrected chi connectivity index (χ3v) is 3.41. The molecule has 0 fully saturated rings. The predicted octanol–water partition coefficient (Wildman–Crippen LogP) is 2.98. The van der Waals surface area contributed by atoms with Gasteiger partial charge < -0.3 is 10.2 Å². The molecule has 1 aromatic carbocycles. The average Bonchev–Trinajstić information content (AvgIpc) is 2.76. The summed E-state index contributed by atoms with van der Waals surface area (Å²) in [5.74, 6) is 0. The lowest BCUT2D eigenvalue weighted by atomic mass is 10.1. The van der Waals surface area contributed by atoms with Crippen molar-refractivity contribution in [3.63, 3.8) is 0 Å². The zero-order valence-electron chi connectivity index (χ0n) is 8.52. The van der Waals surface area contributed by atoms with Crippen molar-refractivity contribution in [2.45, 2.75) is 16.5 Å². The quantitative estimate of drug-likeness (QED) is 0.911. The third kappa shape index (κ3) is 2.58. The Bertz CT molecular complexity index is 459. The van der Waals surface area contributed by atoms with Gasteiger partial charge in [-0.25, -0.2) is 4.98 Å². The van der Waals surface area contributed by atoms with Crippen molar-refractivity contribution in [2.75, 3.05) is 6.54 Å². The monoisotopic (exact) mass is 254 g/mol. The van der Waals surface area contributed by atoms with Gasteiger partial charge >= 0.3 is 0 Å². The first-order valence-corrected chi connectivity index (χ1v) is 6.05. The lowest BCUT2D eigenvalue weighted by Gasteiger charge is -2.08. The van der Waals surface area contributed by atoms with Crippen molar-refractivity contribution in [3.05, 3.63) is 41.2 Å². The Morgan fingerprint density at radius 1 is 1.44 bits per heavy atom. The first-order valence-electron chi connectivity index (χ1n) is 4.86. The highest BCUT2D eigenvalue weighted by Gasteiger charge is 2.09. The molecule has 0 amide bonds. The zero-order valence-corrected chi connectivity index (χ0v) is 10.1. The van der Waals surface area contributed by atoms with Gasteiger partial charge in [0.05, 0.1) is 6.20 Å². The van der Waals surface area contributed by atoms with Crippen LogP contribution in [-0.2, 0) is 6.42 Å². The Kier molecular flexibility index (Phi) is 3.88. The van der Waals surface area contributed by atoms with E-state index in [-0.39, 0.29) is 0 Å². The van der Waals surface area contributed by atoms with Crippen molar-refractivity contribution < 1.29 is 4.42 Å². The van der Waals surface area contributed by atoms with Crippen molar-refractivity contribution in [3.8, 4) is 0 Å². The smallest absolute Gasteiger partial charge is 0.260 e. The lowest BCUT2D eigenvalue weighted by molar-refractivity contribution is 0.454. The molecule has 0 aliphatic heterocycles. The van der Waals surface area contributed by atoms with Crippen LogP contribution in [0.1, 0.15) is 5.56 Å². The lowest BCUT2D eigenvalue weighted by Crippen LogP contribution is -2.04. The normalized spacial score (nSPS) is 10.6. The fraction of sp³-hybridized carbons (Fsp3) is 0.182. The van der Waals surface area contributed by atoms with E-state index in [0.717, 1.165) is 21.9 Å². The van der Waals surface area contributed by atoms with E-state index in [4.69, 9.17) is 21.8 Å². The van der Waals surface area contributed by atoms with Gasteiger partial charge in [-0.15, -0.1) is 0 Å². The predicted molar refractivity (Wildman–Crippen MR) is 64.8 cm³/mol.